The molecule has 29 heavy (non-hydrogen) atoms. The zero-order valence-corrected chi connectivity index (χ0v) is 17.6. The van der Waals surface area contributed by atoms with Gasteiger partial charge in [0.05, 0.1) is 13.1 Å². The van der Waals surface area contributed by atoms with Crippen LogP contribution in [0.2, 0.25) is 0 Å². The van der Waals surface area contributed by atoms with Gasteiger partial charge in [-0.3, -0.25) is 13.9 Å². The number of rotatable bonds is 6. The first-order chi connectivity index (χ1) is 14.0. The Balaban J connectivity index is 1.83. The van der Waals surface area contributed by atoms with Gasteiger partial charge in [0, 0.05) is 20.0 Å². The maximum atomic E-state index is 13.3. The first kappa shape index (κ1) is 19.5. The first-order valence-corrected chi connectivity index (χ1v) is 10.6. The lowest BCUT2D eigenvalue weighted by atomic mass is 10.2. The van der Waals surface area contributed by atoms with Crippen molar-refractivity contribution in [1.29, 1.82) is 0 Å². The highest BCUT2D eigenvalue weighted by molar-refractivity contribution is 5.70. The Kier molecular flexibility index (Phi) is 5.30. The number of unbranched alkanes of at least 4 members (excludes halogenated alkanes) is 3. The molecular weight excluding hydrogens is 366 g/mol. The Hall–Kier alpha value is -2.83. The van der Waals surface area contributed by atoms with Gasteiger partial charge >= 0.3 is 11.6 Å². The fourth-order valence-electron chi connectivity index (χ4n) is 4.21. The number of nitrogens with one attached hydrogen (secondary N) is 1. The van der Waals surface area contributed by atoms with Gasteiger partial charge < -0.3 is 0 Å². The molecule has 0 fully saturated rings. The predicted octanol–water partition coefficient (Wildman–Crippen LogP) is 2.75. The van der Waals surface area contributed by atoms with Crippen molar-refractivity contribution in [3.05, 3.63) is 50.7 Å². The number of aryl methyl sites for hydroxylation is 3. The largest absolute Gasteiger partial charge is 0.364 e. The molecule has 3 heterocycles. The molecule has 1 aliphatic rings. The van der Waals surface area contributed by atoms with E-state index in [4.69, 9.17) is 0 Å². The van der Waals surface area contributed by atoms with Gasteiger partial charge in [-0.25, -0.2) is 19.2 Å². The summed E-state index contributed by atoms with van der Waals surface area (Å²) in [5, 5.41) is 0. The van der Waals surface area contributed by atoms with Gasteiger partial charge in [0.2, 0.25) is 11.2 Å². The van der Waals surface area contributed by atoms with Crippen LogP contribution >= 0.6 is 0 Å². The molecule has 0 unspecified atom stereocenters. The van der Waals surface area contributed by atoms with Crippen LogP contribution in [0.25, 0.3) is 11.2 Å². The number of hydrogen-bond acceptors (Lipinski definition) is 3. The minimum absolute atomic E-state index is 0.187. The highest BCUT2D eigenvalue weighted by Gasteiger charge is 2.33. The van der Waals surface area contributed by atoms with E-state index in [9.17, 15) is 9.59 Å². The molecule has 1 aliphatic heterocycles. The van der Waals surface area contributed by atoms with Crippen molar-refractivity contribution in [3.63, 3.8) is 0 Å². The molecule has 0 saturated heterocycles. The lowest BCUT2D eigenvalue weighted by molar-refractivity contribution is -0.663. The third-order valence-corrected chi connectivity index (χ3v) is 5.88. The highest BCUT2D eigenvalue weighted by atomic mass is 16.2. The maximum absolute atomic E-state index is 13.3. The number of imidazole rings is 1. The van der Waals surface area contributed by atoms with Crippen LogP contribution in [0.5, 0.6) is 0 Å². The standard InChI is InChI=1S/C22H29N5O2/c1-4-5-6-7-13-27-20(28)18-19(24(3)22(27)29)23-21-25(14-8-15-26(18)21)17-11-9-16(2)10-12-17/h9-12H,4-8,13-15H2,1-3H3/p+1. The van der Waals surface area contributed by atoms with Gasteiger partial charge in [0.25, 0.3) is 5.56 Å². The summed E-state index contributed by atoms with van der Waals surface area (Å²) >= 11 is 0. The fourth-order valence-corrected chi connectivity index (χ4v) is 4.21. The summed E-state index contributed by atoms with van der Waals surface area (Å²) < 4.78 is 5.03. The summed E-state index contributed by atoms with van der Waals surface area (Å²) in [6.45, 7) is 6.33. The normalized spacial score (nSPS) is 13.8. The van der Waals surface area contributed by atoms with E-state index in [0.29, 0.717) is 17.7 Å². The molecule has 0 amide bonds. The number of fused-ring (bicyclic) bond motifs is 3. The van der Waals surface area contributed by atoms with E-state index < -0.39 is 0 Å². The lowest BCUT2D eigenvalue weighted by Crippen LogP contribution is -2.49. The second-order valence-electron chi connectivity index (χ2n) is 8.00. The van der Waals surface area contributed by atoms with E-state index in [1.54, 1.807) is 11.6 Å². The van der Waals surface area contributed by atoms with Gasteiger partial charge in [0.15, 0.2) is 0 Å². The average molecular weight is 397 g/mol. The molecule has 0 saturated carbocycles. The topological polar surface area (TPSA) is 66.9 Å². The second-order valence-corrected chi connectivity index (χ2v) is 8.00. The number of anilines is 2. The molecular formula is C22H30N5O2+. The van der Waals surface area contributed by atoms with Crippen molar-refractivity contribution in [2.45, 2.75) is 59.0 Å². The smallest absolute Gasteiger partial charge is 0.267 e. The fraction of sp³-hybridized carbons (Fsp3) is 0.500. The summed E-state index contributed by atoms with van der Waals surface area (Å²) in [5.41, 5.74) is 3.05. The molecule has 0 atom stereocenters. The molecule has 3 aromatic rings. The van der Waals surface area contributed by atoms with Crippen LogP contribution < -0.4 is 20.7 Å². The van der Waals surface area contributed by atoms with Crippen molar-refractivity contribution in [2.75, 3.05) is 11.4 Å². The number of benzene rings is 1. The van der Waals surface area contributed by atoms with Crippen LogP contribution in [-0.2, 0) is 20.1 Å². The van der Waals surface area contributed by atoms with E-state index in [0.717, 1.165) is 56.8 Å². The van der Waals surface area contributed by atoms with Gasteiger partial charge in [-0.2, -0.15) is 0 Å². The van der Waals surface area contributed by atoms with Crippen LogP contribution in [-0.4, -0.2) is 20.7 Å². The number of hydrogen-bond donors (Lipinski definition) is 1. The van der Waals surface area contributed by atoms with Crippen LogP contribution in [0, 0.1) is 6.92 Å². The van der Waals surface area contributed by atoms with Crippen molar-refractivity contribution < 1.29 is 4.57 Å². The molecule has 0 bridgehead atoms. The van der Waals surface area contributed by atoms with Crippen molar-refractivity contribution in [2.24, 2.45) is 7.05 Å². The average Bonchev–Trinajstić information content (AvgIpc) is 3.12. The molecule has 7 nitrogen and oxygen atoms in total. The van der Waals surface area contributed by atoms with E-state index in [1.165, 1.54) is 10.1 Å². The summed E-state index contributed by atoms with van der Waals surface area (Å²) in [4.78, 5) is 31.7. The van der Waals surface area contributed by atoms with E-state index in [2.05, 4.69) is 48.0 Å². The third kappa shape index (κ3) is 3.39. The minimum Gasteiger partial charge on any atom is -0.267 e. The van der Waals surface area contributed by atoms with Crippen molar-refractivity contribution in [3.8, 4) is 0 Å². The molecule has 0 radical (unpaired) electrons. The summed E-state index contributed by atoms with van der Waals surface area (Å²) in [7, 11) is 1.74. The Morgan fingerprint density at radius 1 is 1.10 bits per heavy atom. The molecule has 0 spiro atoms. The minimum atomic E-state index is -0.250. The van der Waals surface area contributed by atoms with E-state index in [-0.39, 0.29) is 11.2 Å². The van der Waals surface area contributed by atoms with Gasteiger partial charge in [-0.05, 0) is 25.5 Å². The molecule has 4 rings (SSSR count). The predicted molar refractivity (Wildman–Crippen MR) is 115 cm³/mol. The Bertz CT molecular complexity index is 1140. The van der Waals surface area contributed by atoms with E-state index in [1.807, 2.05) is 4.57 Å². The SMILES string of the molecule is CCCCCCn1c(=O)c2c([nH]c3[n+]2CCCN3c2ccc(C)cc2)n(C)c1=O. The number of H-pyrrole nitrogens is 1. The lowest BCUT2D eigenvalue weighted by Gasteiger charge is -2.22. The van der Waals surface area contributed by atoms with Crippen LogP contribution in [0.4, 0.5) is 11.6 Å². The van der Waals surface area contributed by atoms with E-state index >= 15 is 0 Å². The van der Waals surface area contributed by atoms with Gasteiger partial charge in [0.1, 0.15) is 5.69 Å². The first-order valence-electron chi connectivity index (χ1n) is 10.6. The van der Waals surface area contributed by atoms with Crippen LogP contribution in [0.1, 0.15) is 44.6 Å². The quantitative estimate of drug-likeness (QED) is 0.515. The Labute approximate surface area is 170 Å². The van der Waals surface area contributed by atoms with Crippen LogP contribution in [0.15, 0.2) is 33.9 Å². The Morgan fingerprint density at radius 3 is 2.59 bits per heavy atom. The monoisotopic (exact) mass is 396 g/mol. The van der Waals surface area contributed by atoms with Gasteiger partial charge in [-0.15, -0.1) is 0 Å². The van der Waals surface area contributed by atoms with Crippen molar-refractivity contribution >= 4 is 22.8 Å². The highest BCUT2D eigenvalue weighted by Crippen LogP contribution is 2.26. The summed E-state index contributed by atoms with van der Waals surface area (Å²) in [6.07, 6.45) is 5.07. The molecule has 1 N–H and O–H groups in total. The number of aromatic nitrogens is 4. The van der Waals surface area contributed by atoms with Crippen molar-refractivity contribution in [1.82, 2.24) is 14.1 Å². The molecule has 1 aromatic carbocycles. The number of aromatic amines is 1. The zero-order chi connectivity index (χ0) is 20.5. The third-order valence-electron chi connectivity index (χ3n) is 5.88. The number of nitrogens with zero attached hydrogens (tertiary/aromatic N) is 4. The zero-order valence-electron chi connectivity index (χ0n) is 17.6. The molecule has 0 aliphatic carbocycles. The second kappa shape index (κ2) is 7.89. The Morgan fingerprint density at radius 2 is 1.86 bits per heavy atom. The van der Waals surface area contributed by atoms with Crippen LogP contribution in [0.3, 0.4) is 0 Å². The molecule has 7 heteroatoms. The summed E-state index contributed by atoms with van der Waals surface area (Å²) in [5.74, 6) is 0.867. The summed E-state index contributed by atoms with van der Waals surface area (Å²) in [6, 6.07) is 8.38. The molecule has 154 valence electrons. The molecule has 2 aromatic heterocycles. The van der Waals surface area contributed by atoms with Gasteiger partial charge in [-0.1, -0.05) is 43.9 Å². The maximum Gasteiger partial charge on any atom is 0.364 e.